The van der Waals surface area contributed by atoms with Crippen LogP contribution in [0.1, 0.15) is 60.3 Å². The molecule has 2 aromatic heterocycles. The lowest BCUT2D eigenvalue weighted by molar-refractivity contribution is -0.00555. The fraction of sp³-hybridized carbons (Fsp3) is 0.667. The first-order valence-corrected chi connectivity index (χ1v) is 10.2. The Morgan fingerprint density at radius 1 is 1.28 bits per heavy atom. The fourth-order valence-electron chi connectivity index (χ4n) is 4.82. The van der Waals surface area contributed by atoms with Crippen molar-refractivity contribution in [1.29, 1.82) is 0 Å². The van der Waals surface area contributed by atoms with Crippen LogP contribution in [0.5, 0.6) is 0 Å². The van der Waals surface area contributed by atoms with Crippen LogP contribution in [-0.4, -0.2) is 57.2 Å². The van der Waals surface area contributed by atoms with Crippen LogP contribution in [0.4, 0.5) is 0 Å². The number of likely N-dealkylation sites (tertiary alicyclic amines) is 1. The zero-order valence-electron chi connectivity index (χ0n) is 17.8. The van der Waals surface area contributed by atoms with Crippen molar-refractivity contribution in [2.75, 3.05) is 20.2 Å². The van der Waals surface area contributed by atoms with Crippen molar-refractivity contribution < 1.29 is 19.1 Å². The Labute approximate surface area is 170 Å². The largest absolute Gasteiger partial charge is 0.466 e. The standard InChI is InChI=1S/C21H30N4O4/c1-12-6-16(13(2)29-12)20(26)24-9-14-7-17(18(28-5)8-15(14)10-24)25-11-19(22-23-25)21(3,4)27/h6,11,14-15,17-18,27H,7-10H2,1-5H3/t14-,15+,17-,18-/m1/s1. The van der Waals surface area contributed by atoms with Crippen LogP contribution >= 0.6 is 0 Å². The van der Waals surface area contributed by atoms with Gasteiger partial charge in [0.25, 0.3) is 5.91 Å². The first-order valence-electron chi connectivity index (χ1n) is 10.2. The molecule has 0 bridgehead atoms. The van der Waals surface area contributed by atoms with Gasteiger partial charge in [-0.25, -0.2) is 4.68 Å². The summed E-state index contributed by atoms with van der Waals surface area (Å²) in [6.07, 6.45) is 3.55. The van der Waals surface area contributed by atoms with Gasteiger partial charge in [-0.1, -0.05) is 5.21 Å². The van der Waals surface area contributed by atoms with Crippen molar-refractivity contribution in [1.82, 2.24) is 19.9 Å². The molecule has 8 heteroatoms. The van der Waals surface area contributed by atoms with Crippen LogP contribution in [0.2, 0.25) is 0 Å². The Morgan fingerprint density at radius 3 is 2.52 bits per heavy atom. The van der Waals surface area contributed by atoms with E-state index in [1.54, 1.807) is 21.0 Å². The smallest absolute Gasteiger partial charge is 0.257 e. The van der Waals surface area contributed by atoms with E-state index < -0.39 is 5.60 Å². The molecule has 1 saturated heterocycles. The number of aliphatic hydroxyl groups is 1. The highest BCUT2D eigenvalue weighted by Crippen LogP contribution is 2.42. The molecule has 1 aliphatic heterocycles. The van der Waals surface area contributed by atoms with Gasteiger partial charge in [-0.15, -0.1) is 5.10 Å². The van der Waals surface area contributed by atoms with Gasteiger partial charge in [-0.3, -0.25) is 4.79 Å². The molecule has 0 aromatic carbocycles. The predicted octanol–water partition coefficient (Wildman–Crippen LogP) is 2.45. The lowest BCUT2D eigenvalue weighted by Gasteiger charge is -2.36. The van der Waals surface area contributed by atoms with E-state index in [1.807, 2.05) is 35.7 Å². The van der Waals surface area contributed by atoms with Crippen molar-refractivity contribution in [3.05, 3.63) is 35.0 Å². The summed E-state index contributed by atoms with van der Waals surface area (Å²) in [6.45, 7) is 8.57. The number of fused-ring (bicyclic) bond motifs is 1. The molecule has 158 valence electrons. The molecule has 1 amide bonds. The molecule has 2 aromatic rings. The summed E-state index contributed by atoms with van der Waals surface area (Å²) in [4.78, 5) is 15.0. The zero-order valence-corrected chi connectivity index (χ0v) is 17.8. The molecule has 4 rings (SSSR count). The Hall–Kier alpha value is -2.19. The van der Waals surface area contributed by atoms with Gasteiger partial charge in [0.2, 0.25) is 0 Å². The van der Waals surface area contributed by atoms with Gasteiger partial charge in [0.05, 0.1) is 23.9 Å². The second-order valence-corrected chi connectivity index (χ2v) is 9.01. The number of nitrogens with zero attached hydrogens (tertiary/aromatic N) is 4. The molecule has 0 unspecified atom stereocenters. The highest BCUT2D eigenvalue weighted by atomic mass is 16.5. The second-order valence-electron chi connectivity index (χ2n) is 9.01. The minimum Gasteiger partial charge on any atom is -0.466 e. The van der Waals surface area contributed by atoms with E-state index in [9.17, 15) is 9.90 Å². The third-order valence-electron chi connectivity index (χ3n) is 6.42. The minimum absolute atomic E-state index is 0.000521. The molecular weight excluding hydrogens is 372 g/mol. The summed E-state index contributed by atoms with van der Waals surface area (Å²) in [5.41, 5.74) is 0.172. The third-order valence-corrected chi connectivity index (χ3v) is 6.42. The molecule has 3 heterocycles. The van der Waals surface area contributed by atoms with E-state index in [2.05, 4.69) is 10.3 Å². The molecule has 29 heavy (non-hydrogen) atoms. The van der Waals surface area contributed by atoms with Crippen LogP contribution in [-0.2, 0) is 10.3 Å². The molecule has 4 atom stereocenters. The molecule has 2 fully saturated rings. The van der Waals surface area contributed by atoms with Crippen LogP contribution < -0.4 is 0 Å². The summed E-state index contributed by atoms with van der Waals surface area (Å²) in [5, 5.41) is 18.6. The lowest BCUT2D eigenvalue weighted by atomic mass is 9.77. The predicted molar refractivity (Wildman–Crippen MR) is 105 cm³/mol. The van der Waals surface area contributed by atoms with Gasteiger partial charge in [0.1, 0.15) is 22.8 Å². The van der Waals surface area contributed by atoms with E-state index in [4.69, 9.17) is 9.15 Å². The van der Waals surface area contributed by atoms with Gasteiger partial charge in [0, 0.05) is 20.2 Å². The molecule has 1 aliphatic carbocycles. The number of furan rings is 1. The first-order chi connectivity index (χ1) is 13.7. The number of carbonyl (C=O) groups is 1. The van der Waals surface area contributed by atoms with E-state index in [1.165, 1.54) is 0 Å². The summed E-state index contributed by atoms with van der Waals surface area (Å²) in [5.74, 6) is 2.28. The summed E-state index contributed by atoms with van der Waals surface area (Å²) < 4.78 is 13.2. The fourth-order valence-corrected chi connectivity index (χ4v) is 4.82. The number of rotatable bonds is 4. The van der Waals surface area contributed by atoms with Crippen molar-refractivity contribution in [2.24, 2.45) is 11.8 Å². The van der Waals surface area contributed by atoms with E-state index in [0.29, 0.717) is 28.9 Å². The van der Waals surface area contributed by atoms with Gasteiger partial charge in [-0.05, 0) is 58.4 Å². The summed E-state index contributed by atoms with van der Waals surface area (Å²) in [6, 6.07) is 1.87. The Morgan fingerprint density at radius 2 is 1.97 bits per heavy atom. The van der Waals surface area contributed by atoms with Gasteiger partial charge < -0.3 is 19.2 Å². The number of ether oxygens (including phenoxy) is 1. The Balaban J connectivity index is 1.51. The van der Waals surface area contributed by atoms with Crippen LogP contribution in [0.3, 0.4) is 0 Å². The molecular formula is C21H30N4O4. The van der Waals surface area contributed by atoms with Gasteiger partial charge >= 0.3 is 0 Å². The monoisotopic (exact) mass is 402 g/mol. The maximum atomic E-state index is 13.0. The van der Waals surface area contributed by atoms with Crippen LogP contribution in [0.25, 0.3) is 0 Å². The lowest BCUT2D eigenvalue weighted by Crippen LogP contribution is -2.37. The maximum Gasteiger partial charge on any atom is 0.257 e. The average molecular weight is 402 g/mol. The van der Waals surface area contributed by atoms with E-state index >= 15 is 0 Å². The zero-order chi connectivity index (χ0) is 20.9. The molecule has 0 radical (unpaired) electrons. The van der Waals surface area contributed by atoms with E-state index in [0.717, 1.165) is 31.7 Å². The van der Waals surface area contributed by atoms with Crippen molar-refractivity contribution in [2.45, 2.75) is 58.3 Å². The van der Waals surface area contributed by atoms with Gasteiger partial charge in [-0.2, -0.15) is 0 Å². The van der Waals surface area contributed by atoms with Crippen LogP contribution in [0.15, 0.2) is 16.7 Å². The highest BCUT2D eigenvalue weighted by Gasteiger charge is 2.45. The first kappa shape index (κ1) is 20.1. The van der Waals surface area contributed by atoms with Crippen LogP contribution in [0, 0.1) is 25.7 Å². The number of aromatic nitrogens is 3. The number of amides is 1. The molecule has 1 saturated carbocycles. The van der Waals surface area contributed by atoms with Crippen molar-refractivity contribution in [3.63, 3.8) is 0 Å². The van der Waals surface area contributed by atoms with Crippen molar-refractivity contribution in [3.8, 4) is 0 Å². The van der Waals surface area contributed by atoms with Crippen molar-refractivity contribution >= 4 is 5.91 Å². The normalized spacial score (nSPS) is 27.3. The third kappa shape index (κ3) is 3.71. The molecule has 8 nitrogen and oxygen atoms in total. The highest BCUT2D eigenvalue weighted by molar-refractivity contribution is 5.95. The quantitative estimate of drug-likeness (QED) is 0.844. The SMILES string of the molecule is CO[C@@H]1C[C@H]2CN(C(=O)c3cc(C)oc3C)C[C@H]2C[C@H]1n1cc(C(C)(C)O)nn1. The average Bonchev–Trinajstić information content (AvgIpc) is 3.36. The topological polar surface area (TPSA) is 93.6 Å². The number of aryl methyl sites for hydroxylation is 2. The Kier molecular flexibility index (Phi) is 5.02. The summed E-state index contributed by atoms with van der Waals surface area (Å²) in [7, 11) is 1.72. The number of carbonyl (C=O) groups excluding carboxylic acids is 1. The second kappa shape index (κ2) is 7.25. The molecule has 1 N–H and O–H groups in total. The Bertz CT molecular complexity index is 897. The maximum absolute atomic E-state index is 13.0. The summed E-state index contributed by atoms with van der Waals surface area (Å²) >= 11 is 0. The number of hydrogen-bond acceptors (Lipinski definition) is 6. The minimum atomic E-state index is -1.03. The molecule has 2 aliphatic rings. The molecule has 0 spiro atoms. The number of methoxy groups -OCH3 is 1. The van der Waals surface area contributed by atoms with E-state index in [-0.39, 0.29) is 18.1 Å². The van der Waals surface area contributed by atoms with Gasteiger partial charge in [0.15, 0.2) is 0 Å². The number of hydrogen-bond donors (Lipinski definition) is 1.